The van der Waals surface area contributed by atoms with Gasteiger partial charge in [0.1, 0.15) is 0 Å². The number of hydrogen-bond donors (Lipinski definition) is 0. The highest BCUT2D eigenvalue weighted by atomic mass is 32.2. The van der Waals surface area contributed by atoms with Gasteiger partial charge < -0.3 is 4.90 Å². The molecule has 32 heavy (non-hydrogen) atoms. The summed E-state index contributed by atoms with van der Waals surface area (Å²) in [6.07, 6.45) is 5.12. The Kier molecular flexibility index (Phi) is 5.43. The van der Waals surface area contributed by atoms with E-state index in [1.54, 1.807) is 24.4 Å². The number of hydrogen-bond acceptors (Lipinski definition) is 4. The Bertz CT molecular complexity index is 1240. The lowest BCUT2D eigenvalue weighted by atomic mass is 10.0. The monoisotopic (exact) mass is 447 g/mol. The highest BCUT2D eigenvalue weighted by Gasteiger charge is 2.33. The number of likely N-dealkylation sites (tertiary alicyclic amines) is 1. The van der Waals surface area contributed by atoms with Crippen molar-refractivity contribution in [2.45, 2.75) is 36.6 Å². The molecule has 0 saturated carbocycles. The molecule has 2 aliphatic heterocycles. The molecule has 2 aliphatic rings. The van der Waals surface area contributed by atoms with Gasteiger partial charge in [0.2, 0.25) is 0 Å². The van der Waals surface area contributed by atoms with Crippen LogP contribution in [0.15, 0.2) is 77.8 Å². The van der Waals surface area contributed by atoms with Crippen molar-refractivity contribution in [1.82, 2.24) is 9.88 Å². The summed E-state index contributed by atoms with van der Waals surface area (Å²) in [6, 6.07) is 19.7. The molecule has 0 bridgehead atoms. The lowest BCUT2D eigenvalue weighted by Crippen LogP contribution is -2.35. The fraction of sp³-hybridized carbons (Fsp3) is 0.280. The SMILES string of the molecule is O=C(c1cccc(S(=O)(=O)N2CCCc3ccccc32)c1)N1CCCC1c1ccccn1. The first kappa shape index (κ1) is 20.7. The van der Waals surface area contributed by atoms with Gasteiger partial charge in [0.15, 0.2) is 0 Å². The molecule has 3 heterocycles. The van der Waals surface area contributed by atoms with Gasteiger partial charge in [-0.3, -0.25) is 14.1 Å². The van der Waals surface area contributed by atoms with Crippen LogP contribution >= 0.6 is 0 Å². The van der Waals surface area contributed by atoms with Crippen LogP contribution < -0.4 is 4.31 Å². The molecule has 1 saturated heterocycles. The summed E-state index contributed by atoms with van der Waals surface area (Å²) in [7, 11) is -3.77. The third kappa shape index (κ3) is 3.66. The molecule has 1 aromatic heterocycles. The third-order valence-electron chi connectivity index (χ3n) is 6.28. The maximum atomic E-state index is 13.5. The van der Waals surface area contributed by atoms with Gasteiger partial charge in [-0.05, 0) is 67.6 Å². The molecule has 7 heteroatoms. The highest BCUT2D eigenvalue weighted by Crippen LogP contribution is 2.34. The van der Waals surface area contributed by atoms with E-state index < -0.39 is 10.0 Å². The summed E-state index contributed by atoms with van der Waals surface area (Å²) < 4.78 is 28.5. The Morgan fingerprint density at radius 3 is 2.62 bits per heavy atom. The first-order valence-electron chi connectivity index (χ1n) is 11.0. The minimum atomic E-state index is -3.77. The Hall–Kier alpha value is -3.19. The topological polar surface area (TPSA) is 70.6 Å². The van der Waals surface area contributed by atoms with Gasteiger partial charge in [-0.15, -0.1) is 0 Å². The molecular formula is C25H25N3O3S. The second-order valence-corrected chi connectivity index (χ2v) is 10.1. The van der Waals surface area contributed by atoms with Gasteiger partial charge >= 0.3 is 0 Å². The van der Waals surface area contributed by atoms with Crippen LogP contribution in [0.1, 0.15) is 46.9 Å². The summed E-state index contributed by atoms with van der Waals surface area (Å²) in [5.74, 6) is -0.158. The number of pyridine rings is 1. The van der Waals surface area contributed by atoms with E-state index in [2.05, 4.69) is 4.98 Å². The zero-order chi connectivity index (χ0) is 22.1. The maximum absolute atomic E-state index is 13.5. The number of carbonyl (C=O) groups excluding carboxylic acids is 1. The number of aryl methyl sites for hydroxylation is 1. The Morgan fingerprint density at radius 2 is 1.78 bits per heavy atom. The molecule has 0 aliphatic carbocycles. The molecule has 1 fully saturated rings. The minimum absolute atomic E-state index is 0.0852. The summed E-state index contributed by atoms with van der Waals surface area (Å²) in [4.78, 5) is 19.8. The van der Waals surface area contributed by atoms with Crippen molar-refractivity contribution >= 4 is 21.6 Å². The lowest BCUT2D eigenvalue weighted by molar-refractivity contribution is 0.0732. The van der Waals surface area contributed by atoms with Gasteiger partial charge in [0.05, 0.1) is 22.3 Å². The number of benzene rings is 2. The number of nitrogens with zero attached hydrogens (tertiary/aromatic N) is 3. The number of rotatable bonds is 4. The summed E-state index contributed by atoms with van der Waals surface area (Å²) in [5, 5.41) is 0. The smallest absolute Gasteiger partial charge is 0.264 e. The number of sulfonamides is 1. The first-order chi connectivity index (χ1) is 15.6. The molecule has 5 rings (SSSR count). The molecule has 1 unspecified atom stereocenters. The Labute approximate surface area is 188 Å². The largest absolute Gasteiger partial charge is 0.330 e. The number of amides is 1. The van der Waals surface area contributed by atoms with Crippen LogP contribution in [-0.2, 0) is 16.4 Å². The average Bonchev–Trinajstić information content (AvgIpc) is 3.34. The standard InChI is InChI=1S/C25H25N3O3S/c29-25(27-16-7-14-24(27)22-12-3-4-15-26-22)20-9-5-11-21(18-20)32(30,31)28-17-6-10-19-8-1-2-13-23(19)28/h1-5,8-9,11-13,15,18,24H,6-7,10,14,16-17H2. The van der Waals surface area contributed by atoms with Gasteiger partial charge in [-0.25, -0.2) is 8.42 Å². The van der Waals surface area contributed by atoms with Crippen LogP contribution in [0.2, 0.25) is 0 Å². The number of fused-ring (bicyclic) bond motifs is 1. The fourth-order valence-electron chi connectivity index (χ4n) is 4.72. The molecule has 0 spiro atoms. The number of anilines is 1. The van der Waals surface area contributed by atoms with Crippen LogP contribution in [0.4, 0.5) is 5.69 Å². The molecular weight excluding hydrogens is 422 g/mol. The Balaban J connectivity index is 1.46. The van der Waals surface area contributed by atoms with Crippen molar-refractivity contribution in [1.29, 1.82) is 0 Å². The molecule has 0 N–H and O–H groups in total. The van der Waals surface area contributed by atoms with Crippen molar-refractivity contribution in [3.8, 4) is 0 Å². The van der Waals surface area contributed by atoms with Crippen LogP contribution in [0.3, 0.4) is 0 Å². The van der Waals surface area contributed by atoms with Crippen LogP contribution in [0.5, 0.6) is 0 Å². The number of carbonyl (C=O) groups is 1. The summed E-state index contributed by atoms with van der Waals surface area (Å²) in [6.45, 7) is 1.07. The fourth-order valence-corrected chi connectivity index (χ4v) is 6.31. The first-order valence-corrected chi connectivity index (χ1v) is 12.4. The molecule has 6 nitrogen and oxygen atoms in total. The summed E-state index contributed by atoms with van der Waals surface area (Å²) >= 11 is 0. The molecule has 2 aromatic carbocycles. The molecule has 1 atom stereocenters. The lowest BCUT2D eigenvalue weighted by Gasteiger charge is -2.30. The highest BCUT2D eigenvalue weighted by molar-refractivity contribution is 7.92. The zero-order valence-corrected chi connectivity index (χ0v) is 18.5. The predicted molar refractivity (Wildman–Crippen MR) is 123 cm³/mol. The van der Waals surface area contributed by atoms with Crippen LogP contribution in [-0.4, -0.2) is 37.3 Å². The van der Waals surface area contributed by atoms with E-state index in [4.69, 9.17) is 0 Å². The van der Waals surface area contributed by atoms with Crippen molar-refractivity contribution in [3.63, 3.8) is 0 Å². The number of para-hydroxylation sites is 1. The second-order valence-electron chi connectivity index (χ2n) is 8.25. The molecule has 3 aromatic rings. The summed E-state index contributed by atoms with van der Waals surface area (Å²) in [5.41, 5.74) is 3.02. The van der Waals surface area contributed by atoms with E-state index in [0.717, 1.165) is 42.6 Å². The van der Waals surface area contributed by atoms with E-state index >= 15 is 0 Å². The van der Waals surface area contributed by atoms with E-state index in [1.807, 2.05) is 47.4 Å². The quantitative estimate of drug-likeness (QED) is 0.601. The molecule has 0 radical (unpaired) electrons. The van der Waals surface area contributed by atoms with E-state index in [0.29, 0.717) is 18.7 Å². The normalized spacial score (nSPS) is 18.4. The van der Waals surface area contributed by atoms with Gasteiger partial charge in [0, 0.05) is 24.8 Å². The van der Waals surface area contributed by atoms with E-state index in [-0.39, 0.29) is 16.8 Å². The second kappa shape index (κ2) is 8.39. The van der Waals surface area contributed by atoms with E-state index in [9.17, 15) is 13.2 Å². The zero-order valence-electron chi connectivity index (χ0n) is 17.7. The van der Waals surface area contributed by atoms with Crippen molar-refractivity contribution in [2.24, 2.45) is 0 Å². The molecule has 164 valence electrons. The van der Waals surface area contributed by atoms with E-state index in [1.165, 1.54) is 10.4 Å². The Morgan fingerprint density at radius 1 is 0.938 bits per heavy atom. The predicted octanol–water partition coefficient (Wildman–Crippen LogP) is 4.20. The van der Waals surface area contributed by atoms with Gasteiger partial charge in [0.25, 0.3) is 15.9 Å². The van der Waals surface area contributed by atoms with Crippen molar-refractivity contribution in [2.75, 3.05) is 17.4 Å². The van der Waals surface area contributed by atoms with Gasteiger partial charge in [-0.1, -0.05) is 30.3 Å². The minimum Gasteiger partial charge on any atom is -0.330 e. The van der Waals surface area contributed by atoms with Gasteiger partial charge in [-0.2, -0.15) is 0 Å². The maximum Gasteiger partial charge on any atom is 0.264 e. The number of aromatic nitrogens is 1. The third-order valence-corrected chi connectivity index (χ3v) is 8.09. The van der Waals surface area contributed by atoms with Crippen LogP contribution in [0.25, 0.3) is 0 Å². The molecule has 1 amide bonds. The van der Waals surface area contributed by atoms with Crippen molar-refractivity contribution < 1.29 is 13.2 Å². The van der Waals surface area contributed by atoms with Crippen LogP contribution in [0, 0.1) is 0 Å². The van der Waals surface area contributed by atoms with Crippen molar-refractivity contribution in [3.05, 3.63) is 89.7 Å². The average molecular weight is 448 g/mol.